The minimum atomic E-state index is 0.939. The zero-order valence-electron chi connectivity index (χ0n) is 8.71. The van der Waals surface area contributed by atoms with E-state index >= 15 is 0 Å². The van der Waals surface area contributed by atoms with Crippen molar-refractivity contribution in [3.05, 3.63) is 47.0 Å². The van der Waals surface area contributed by atoms with Crippen molar-refractivity contribution in [2.45, 2.75) is 6.54 Å². The summed E-state index contributed by atoms with van der Waals surface area (Å²) in [4.78, 5) is 0. The molecule has 82 valence electrons. The average molecular weight is 286 g/mol. The molecule has 1 aromatic carbocycles. The van der Waals surface area contributed by atoms with Crippen LogP contribution in [-0.2, 0) is 6.54 Å². The number of hydrogen-bond donors (Lipinski definition) is 1. The molecule has 0 saturated carbocycles. The van der Waals surface area contributed by atoms with Crippen LogP contribution in [0.1, 0.15) is 5.56 Å². The number of hydrogen-bond acceptors (Lipinski definition) is 2. The molecular formula is C12H16BrNS. The van der Waals surface area contributed by atoms with Crippen molar-refractivity contribution >= 4 is 27.7 Å². The predicted molar refractivity (Wildman–Crippen MR) is 73.4 cm³/mol. The number of rotatable bonds is 7. The highest BCUT2D eigenvalue weighted by Gasteiger charge is 1.93. The molecule has 0 radical (unpaired) electrons. The first-order valence-corrected chi connectivity index (χ1v) is 6.91. The summed E-state index contributed by atoms with van der Waals surface area (Å²) < 4.78 is 1.14. The molecule has 0 aromatic heterocycles. The molecule has 0 spiro atoms. The topological polar surface area (TPSA) is 12.0 Å². The van der Waals surface area contributed by atoms with Gasteiger partial charge in [0.1, 0.15) is 0 Å². The van der Waals surface area contributed by atoms with E-state index in [0.29, 0.717) is 0 Å². The Balaban J connectivity index is 2.12. The molecule has 0 heterocycles. The van der Waals surface area contributed by atoms with Gasteiger partial charge in [0, 0.05) is 29.1 Å². The molecule has 1 rings (SSSR count). The van der Waals surface area contributed by atoms with Crippen LogP contribution in [0.15, 0.2) is 41.4 Å². The van der Waals surface area contributed by atoms with Crippen molar-refractivity contribution in [1.29, 1.82) is 0 Å². The fourth-order valence-corrected chi connectivity index (χ4v) is 2.26. The van der Waals surface area contributed by atoms with Crippen molar-refractivity contribution in [3.63, 3.8) is 0 Å². The first-order chi connectivity index (χ1) is 7.33. The van der Waals surface area contributed by atoms with Gasteiger partial charge in [0.05, 0.1) is 0 Å². The fraction of sp³-hybridized carbons (Fsp3) is 0.333. The van der Waals surface area contributed by atoms with Crippen LogP contribution in [0.2, 0.25) is 0 Å². The second-order valence-corrected chi connectivity index (χ2v) is 5.24. The molecule has 0 aliphatic carbocycles. The molecule has 0 saturated heterocycles. The van der Waals surface area contributed by atoms with Gasteiger partial charge < -0.3 is 5.32 Å². The number of thioether (sulfide) groups is 1. The Morgan fingerprint density at radius 1 is 1.47 bits per heavy atom. The number of nitrogens with one attached hydrogen (secondary N) is 1. The molecule has 0 aliphatic rings. The van der Waals surface area contributed by atoms with Crippen molar-refractivity contribution < 1.29 is 0 Å². The summed E-state index contributed by atoms with van der Waals surface area (Å²) in [6, 6.07) is 8.38. The van der Waals surface area contributed by atoms with E-state index in [1.165, 1.54) is 5.56 Å². The van der Waals surface area contributed by atoms with E-state index in [2.05, 4.69) is 46.0 Å². The van der Waals surface area contributed by atoms with Gasteiger partial charge in [-0.2, -0.15) is 11.8 Å². The molecule has 0 amide bonds. The normalized spacial score (nSPS) is 10.2. The third kappa shape index (κ3) is 6.03. The maximum Gasteiger partial charge on any atom is 0.0206 e. The monoisotopic (exact) mass is 285 g/mol. The Labute approximate surface area is 104 Å². The van der Waals surface area contributed by atoms with Crippen molar-refractivity contribution in [2.75, 3.05) is 18.1 Å². The maximum absolute atomic E-state index is 3.69. The lowest BCUT2D eigenvalue weighted by Gasteiger charge is -2.04. The first kappa shape index (κ1) is 12.8. The summed E-state index contributed by atoms with van der Waals surface area (Å²) in [6.07, 6.45) is 1.94. The maximum atomic E-state index is 3.69. The highest BCUT2D eigenvalue weighted by molar-refractivity contribution is 9.10. The minimum Gasteiger partial charge on any atom is -0.312 e. The molecule has 0 fully saturated rings. The number of benzene rings is 1. The van der Waals surface area contributed by atoms with Crippen molar-refractivity contribution in [1.82, 2.24) is 5.32 Å². The molecule has 0 bridgehead atoms. The van der Waals surface area contributed by atoms with Gasteiger partial charge in [0.15, 0.2) is 0 Å². The molecule has 1 nitrogen and oxygen atoms in total. The zero-order valence-corrected chi connectivity index (χ0v) is 11.1. The minimum absolute atomic E-state index is 0.939. The molecule has 15 heavy (non-hydrogen) atoms. The first-order valence-electron chi connectivity index (χ1n) is 4.96. The van der Waals surface area contributed by atoms with Gasteiger partial charge in [-0.25, -0.2) is 0 Å². The molecule has 0 unspecified atom stereocenters. The average Bonchev–Trinajstić information content (AvgIpc) is 2.23. The molecule has 0 atom stereocenters. The Bertz CT molecular complexity index is 301. The van der Waals surface area contributed by atoms with Gasteiger partial charge >= 0.3 is 0 Å². The second kappa shape index (κ2) is 7.97. The van der Waals surface area contributed by atoms with Crippen LogP contribution in [0.25, 0.3) is 0 Å². The Kier molecular flexibility index (Phi) is 6.81. The van der Waals surface area contributed by atoms with Crippen LogP contribution in [0, 0.1) is 0 Å². The van der Waals surface area contributed by atoms with E-state index in [-0.39, 0.29) is 0 Å². The lowest BCUT2D eigenvalue weighted by molar-refractivity contribution is 0.732. The SMILES string of the molecule is C=CCSCCNCc1cccc(Br)c1. The van der Waals surface area contributed by atoms with Gasteiger partial charge in [0.2, 0.25) is 0 Å². The summed E-state index contributed by atoms with van der Waals surface area (Å²) in [5, 5.41) is 3.41. The van der Waals surface area contributed by atoms with Crippen molar-refractivity contribution in [3.8, 4) is 0 Å². The summed E-state index contributed by atoms with van der Waals surface area (Å²) >= 11 is 5.36. The quantitative estimate of drug-likeness (QED) is 0.608. The molecule has 1 aromatic rings. The Morgan fingerprint density at radius 3 is 3.07 bits per heavy atom. The fourth-order valence-electron chi connectivity index (χ4n) is 1.19. The summed E-state index contributed by atoms with van der Waals surface area (Å²) in [5.41, 5.74) is 1.32. The number of halogens is 1. The molecule has 1 N–H and O–H groups in total. The highest BCUT2D eigenvalue weighted by atomic mass is 79.9. The summed E-state index contributed by atoms with van der Waals surface area (Å²) in [7, 11) is 0. The van der Waals surface area contributed by atoms with E-state index in [4.69, 9.17) is 0 Å². The summed E-state index contributed by atoms with van der Waals surface area (Å²) in [5.74, 6) is 2.18. The third-order valence-electron chi connectivity index (χ3n) is 1.88. The Morgan fingerprint density at radius 2 is 2.33 bits per heavy atom. The predicted octanol–water partition coefficient (Wildman–Crippen LogP) is 3.46. The summed E-state index contributed by atoms with van der Waals surface area (Å²) in [6.45, 7) is 5.67. The molecule has 0 aliphatic heterocycles. The highest BCUT2D eigenvalue weighted by Crippen LogP contribution is 2.11. The van der Waals surface area contributed by atoms with Crippen molar-refractivity contribution in [2.24, 2.45) is 0 Å². The second-order valence-electron chi connectivity index (χ2n) is 3.17. The van der Waals surface area contributed by atoms with Crippen LogP contribution >= 0.6 is 27.7 Å². The smallest absolute Gasteiger partial charge is 0.0206 e. The van der Waals surface area contributed by atoms with Gasteiger partial charge in [-0.3, -0.25) is 0 Å². The molecule has 3 heteroatoms. The van der Waals surface area contributed by atoms with E-state index in [0.717, 1.165) is 29.1 Å². The van der Waals surface area contributed by atoms with E-state index in [9.17, 15) is 0 Å². The van der Waals surface area contributed by atoms with Crippen LogP contribution < -0.4 is 5.32 Å². The standard InChI is InChI=1S/C12H16BrNS/c1-2-7-15-8-6-14-10-11-4-3-5-12(13)9-11/h2-5,9,14H,1,6-8,10H2. The van der Waals surface area contributed by atoms with E-state index < -0.39 is 0 Å². The van der Waals surface area contributed by atoms with E-state index in [1.54, 1.807) is 0 Å². The van der Waals surface area contributed by atoms with Gasteiger partial charge in [-0.05, 0) is 17.7 Å². The van der Waals surface area contributed by atoms with Gasteiger partial charge in [-0.1, -0.05) is 34.1 Å². The third-order valence-corrected chi connectivity index (χ3v) is 3.33. The van der Waals surface area contributed by atoms with Gasteiger partial charge in [0.25, 0.3) is 0 Å². The zero-order chi connectivity index (χ0) is 10.9. The van der Waals surface area contributed by atoms with Crippen LogP contribution in [0.4, 0.5) is 0 Å². The largest absolute Gasteiger partial charge is 0.312 e. The lowest BCUT2D eigenvalue weighted by Crippen LogP contribution is -2.16. The van der Waals surface area contributed by atoms with Gasteiger partial charge in [-0.15, -0.1) is 6.58 Å². The lowest BCUT2D eigenvalue weighted by atomic mass is 10.2. The van der Waals surface area contributed by atoms with Crippen LogP contribution in [0.3, 0.4) is 0 Å². The Hall–Kier alpha value is -0.250. The molecular weight excluding hydrogens is 270 g/mol. The van der Waals surface area contributed by atoms with Crippen LogP contribution in [-0.4, -0.2) is 18.1 Å². The van der Waals surface area contributed by atoms with Crippen LogP contribution in [0.5, 0.6) is 0 Å². The van der Waals surface area contributed by atoms with E-state index in [1.807, 2.05) is 23.9 Å².